The number of nitrogens with one attached hydrogen (secondary N) is 1. The fourth-order valence-electron chi connectivity index (χ4n) is 2.17. The van der Waals surface area contributed by atoms with Crippen molar-refractivity contribution < 1.29 is 4.79 Å². The van der Waals surface area contributed by atoms with E-state index in [0.717, 1.165) is 56.0 Å². The molecular weight excluding hydrogens is 250 g/mol. The van der Waals surface area contributed by atoms with E-state index in [1.54, 1.807) is 0 Å². The predicted octanol–water partition coefficient (Wildman–Crippen LogP) is 3.47. The number of carbonyl (C=O) groups is 1. The molecule has 0 aromatic carbocycles. The van der Waals surface area contributed by atoms with E-state index < -0.39 is 0 Å². The first-order valence-electron chi connectivity index (χ1n) is 7.64. The van der Waals surface area contributed by atoms with Crippen molar-refractivity contribution in [3.05, 3.63) is 23.4 Å². The van der Waals surface area contributed by atoms with Gasteiger partial charge in [0.2, 0.25) is 0 Å². The molecule has 4 heteroatoms. The van der Waals surface area contributed by atoms with Crippen LogP contribution in [-0.4, -0.2) is 35.4 Å². The van der Waals surface area contributed by atoms with Gasteiger partial charge in [-0.05, 0) is 38.3 Å². The van der Waals surface area contributed by atoms with Crippen LogP contribution in [0.4, 0.5) is 5.82 Å². The van der Waals surface area contributed by atoms with Crippen molar-refractivity contribution in [2.45, 2.75) is 47.0 Å². The first kappa shape index (κ1) is 16.5. The molecule has 20 heavy (non-hydrogen) atoms. The lowest BCUT2D eigenvalue weighted by Gasteiger charge is -2.22. The van der Waals surface area contributed by atoms with Crippen LogP contribution in [-0.2, 0) is 0 Å². The highest BCUT2D eigenvalue weighted by molar-refractivity contribution is 5.95. The van der Waals surface area contributed by atoms with Crippen molar-refractivity contribution in [1.29, 1.82) is 0 Å². The molecular formula is C16H27N3O. The number of hydrogen-bond donors (Lipinski definition) is 1. The van der Waals surface area contributed by atoms with E-state index in [1.807, 2.05) is 24.0 Å². The summed E-state index contributed by atoms with van der Waals surface area (Å²) in [7, 11) is 0. The molecule has 112 valence electrons. The summed E-state index contributed by atoms with van der Waals surface area (Å²) in [5, 5.41) is 3.25. The van der Waals surface area contributed by atoms with Crippen LogP contribution in [0.15, 0.2) is 12.1 Å². The van der Waals surface area contributed by atoms with Crippen molar-refractivity contribution in [3.8, 4) is 0 Å². The number of rotatable bonds is 8. The molecule has 1 aromatic rings. The zero-order valence-electron chi connectivity index (χ0n) is 13.2. The second kappa shape index (κ2) is 8.56. The molecule has 1 amide bonds. The number of pyridine rings is 1. The van der Waals surface area contributed by atoms with Crippen LogP contribution in [0.5, 0.6) is 0 Å². The lowest BCUT2D eigenvalue weighted by molar-refractivity contribution is 0.0755. The Kier molecular flexibility index (Phi) is 7.05. The average molecular weight is 277 g/mol. The second-order valence-corrected chi connectivity index (χ2v) is 5.10. The van der Waals surface area contributed by atoms with Gasteiger partial charge < -0.3 is 10.2 Å². The van der Waals surface area contributed by atoms with Gasteiger partial charge in [-0.2, -0.15) is 0 Å². The van der Waals surface area contributed by atoms with Crippen LogP contribution < -0.4 is 5.32 Å². The Morgan fingerprint density at radius 3 is 2.35 bits per heavy atom. The first-order valence-corrected chi connectivity index (χ1v) is 7.64. The van der Waals surface area contributed by atoms with Crippen molar-refractivity contribution >= 4 is 11.7 Å². The van der Waals surface area contributed by atoms with Crippen LogP contribution in [0.2, 0.25) is 0 Å². The Labute approximate surface area is 122 Å². The molecule has 1 rings (SSSR count). The van der Waals surface area contributed by atoms with Gasteiger partial charge in [-0.15, -0.1) is 0 Å². The smallest absolute Gasteiger partial charge is 0.254 e. The molecule has 1 heterocycles. The molecule has 1 aromatic heterocycles. The highest BCUT2D eigenvalue weighted by Gasteiger charge is 2.15. The fourth-order valence-corrected chi connectivity index (χ4v) is 2.17. The summed E-state index contributed by atoms with van der Waals surface area (Å²) in [6.45, 7) is 10.7. The molecule has 0 aliphatic rings. The van der Waals surface area contributed by atoms with E-state index in [2.05, 4.69) is 31.1 Å². The van der Waals surface area contributed by atoms with E-state index in [4.69, 9.17) is 0 Å². The largest absolute Gasteiger partial charge is 0.370 e. The maximum Gasteiger partial charge on any atom is 0.254 e. The van der Waals surface area contributed by atoms with E-state index in [9.17, 15) is 4.79 Å². The predicted molar refractivity (Wildman–Crippen MR) is 84.2 cm³/mol. The second-order valence-electron chi connectivity index (χ2n) is 5.10. The highest BCUT2D eigenvalue weighted by atomic mass is 16.2. The molecule has 0 radical (unpaired) electrons. The minimum absolute atomic E-state index is 0.110. The third-order valence-electron chi connectivity index (χ3n) is 3.03. The SMILES string of the molecule is CCCNc1cc(C(=O)N(CCC)CCC)cc(C)n1. The maximum atomic E-state index is 12.6. The molecule has 0 fully saturated rings. The van der Waals surface area contributed by atoms with E-state index >= 15 is 0 Å². The molecule has 0 atom stereocenters. The van der Waals surface area contributed by atoms with Gasteiger partial charge in [-0.1, -0.05) is 20.8 Å². The number of amides is 1. The number of aromatic nitrogens is 1. The van der Waals surface area contributed by atoms with Gasteiger partial charge in [0.05, 0.1) is 0 Å². The van der Waals surface area contributed by atoms with Gasteiger partial charge in [-0.25, -0.2) is 4.98 Å². The first-order chi connectivity index (χ1) is 9.62. The lowest BCUT2D eigenvalue weighted by Crippen LogP contribution is -2.32. The average Bonchev–Trinajstić information content (AvgIpc) is 2.43. The van der Waals surface area contributed by atoms with Crippen LogP contribution in [0, 0.1) is 6.92 Å². The standard InChI is InChI=1S/C16H27N3O/c1-5-8-17-15-12-14(11-13(4)18-15)16(20)19(9-6-2)10-7-3/h11-12H,5-10H2,1-4H3,(H,17,18). The third kappa shape index (κ3) is 4.83. The Hall–Kier alpha value is -1.58. The number of anilines is 1. The molecule has 0 spiro atoms. The molecule has 1 N–H and O–H groups in total. The summed E-state index contributed by atoms with van der Waals surface area (Å²) < 4.78 is 0. The maximum absolute atomic E-state index is 12.6. The normalized spacial score (nSPS) is 10.4. The van der Waals surface area contributed by atoms with Crippen molar-refractivity contribution in [2.24, 2.45) is 0 Å². The molecule has 0 aliphatic heterocycles. The van der Waals surface area contributed by atoms with Crippen LogP contribution in [0.1, 0.15) is 56.1 Å². The summed E-state index contributed by atoms with van der Waals surface area (Å²) in [4.78, 5) is 18.9. The fraction of sp³-hybridized carbons (Fsp3) is 0.625. The van der Waals surface area contributed by atoms with E-state index in [-0.39, 0.29) is 5.91 Å². The van der Waals surface area contributed by atoms with Crippen molar-refractivity contribution in [1.82, 2.24) is 9.88 Å². The number of nitrogens with zero attached hydrogens (tertiary/aromatic N) is 2. The van der Waals surface area contributed by atoms with Crippen molar-refractivity contribution in [3.63, 3.8) is 0 Å². The van der Waals surface area contributed by atoms with E-state index in [1.165, 1.54) is 0 Å². The Morgan fingerprint density at radius 1 is 1.15 bits per heavy atom. The number of hydrogen-bond acceptors (Lipinski definition) is 3. The summed E-state index contributed by atoms with van der Waals surface area (Å²) in [6, 6.07) is 3.74. The van der Waals surface area contributed by atoms with Crippen LogP contribution >= 0.6 is 0 Å². The van der Waals surface area contributed by atoms with Gasteiger partial charge in [0.25, 0.3) is 5.91 Å². The lowest BCUT2D eigenvalue weighted by atomic mass is 10.2. The number of aryl methyl sites for hydroxylation is 1. The van der Waals surface area contributed by atoms with Gasteiger partial charge in [-0.3, -0.25) is 4.79 Å². The molecule has 0 bridgehead atoms. The van der Waals surface area contributed by atoms with Crippen molar-refractivity contribution in [2.75, 3.05) is 25.0 Å². The molecule has 4 nitrogen and oxygen atoms in total. The molecule has 0 saturated heterocycles. The molecule has 0 aliphatic carbocycles. The zero-order chi connectivity index (χ0) is 15.0. The summed E-state index contributed by atoms with van der Waals surface area (Å²) in [6.07, 6.45) is 3.00. The van der Waals surface area contributed by atoms with Gasteiger partial charge in [0, 0.05) is 30.9 Å². The van der Waals surface area contributed by atoms with Gasteiger partial charge >= 0.3 is 0 Å². The van der Waals surface area contributed by atoms with Gasteiger partial charge in [0.1, 0.15) is 5.82 Å². The summed E-state index contributed by atoms with van der Waals surface area (Å²) in [5.74, 6) is 0.905. The Bertz CT molecular complexity index is 426. The monoisotopic (exact) mass is 277 g/mol. The molecule has 0 saturated carbocycles. The Morgan fingerprint density at radius 2 is 1.80 bits per heavy atom. The third-order valence-corrected chi connectivity index (χ3v) is 3.03. The Balaban J connectivity index is 2.92. The number of carbonyl (C=O) groups excluding carboxylic acids is 1. The van der Waals surface area contributed by atoms with E-state index in [0.29, 0.717) is 0 Å². The van der Waals surface area contributed by atoms with Crippen LogP contribution in [0.25, 0.3) is 0 Å². The minimum atomic E-state index is 0.110. The molecule has 0 unspecified atom stereocenters. The van der Waals surface area contributed by atoms with Crippen LogP contribution in [0.3, 0.4) is 0 Å². The quantitative estimate of drug-likeness (QED) is 0.791. The minimum Gasteiger partial charge on any atom is -0.370 e. The van der Waals surface area contributed by atoms with Gasteiger partial charge in [0.15, 0.2) is 0 Å². The topological polar surface area (TPSA) is 45.2 Å². The highest BCUT2D eigenvalue weighted by Crippen LogP contribution is 2.13. The zero-order valence-corrected chi connectivity index (χ0v) is 13.2. The summed E-state index contributed by atoms with van der Waals surface area (Å²) >= 11 is 0. The summed E-state index contributed by atoms with van der Waals surface area (Å²) in [5.41, 5.74) is 1.61.